The van der Waals surface area contributed by atoms with Crippen molar-refractivity contribution in [2.24, 2.45) is 5.84 Å². The zero-order valence-electron chi connectivity index (χ0n) is 9.27. The van der Waals surface area contributed by atoms with Gasteiger partial charge in [-0.3, -0.25) is 9.12 Å². The molecule has 0 radical (unpaired) electrons. The Morgan fingerprint density at radius 1 is 1.47 bits per heavy atom. The molecule has 3 heterocycles. The Hall–Kier alpha value is -2.11. The number of nitrogens with zero attached hydrogens (tertiary/aromatic N) is 3. The van der Waals surface area contributed by atoms with Crippen LogP contribution in [0, 0.1) is 0 Å². The molecule has 0 saturated heterocycles. The molecule has 4 N–H and O–H groups in total. The molecule has 3 aromatic heterocycles. The number of nitrogens with one attached hydrogen (secondary N) is 2. The maximum atomic E-state index is 12.3. The Morgan fingerprint density at radius 3 is 3.00 bits per heavy atom. The minimum Gasteiger partial charge on any atom is -0.362 e. The number of nitrogens with two attached hydrogens (primary N) is 1. The van der Waals surface area contributed by atoms with Crippen LogP contribution in [0.4, 0.5) is 11.5 Å². The summed E-state index contributed by atoms with van der Waals surface area (Å²) in [4.78, 5) is 4.59. The van der Waals surface area contributed by atoms with Crippen molar-refractivity contribution in [3.8, 4) is 0 Å². The lowest BCUT2D eigenvalue weighted by Crippen LogP contribution is -2.18. The van der Waals surface area contributed by atoms with Crippen molar-refractivity contribution >= 4 is 37.8 Å². The molecular weight excluding hydrogens is 292 g/mol. The van der Waals surface area contributed by atoms with E-state index in [1.807, 2.05) is 0 Å². The Balaban J connectivity index is 2.14. The highest BCUT2D eigenvalue weighted by atomic mass is 32.2. The van der Waals surface area contributed by atoms with E-state index in [0.29, 0.717) is 4.96 Å². The molecular formula is C8H8N6O3S2. The van der Waals surface area contributed by atoms with Gasteiger partial charge in [0.1, 0.15) is 12.0 Å². The lowest BCUT2D eigenvalue weighted by Gasteiger charge is -2.06. The van der Waals surface area contributed by atoms with Gasteiger partial charge in [-0.15, -0.1) is 11.3 Å². The first kappa shape index (κ1) is 12.0. The number of hydrogen-bond acceptors (Lipinski definition) is 8. The van der Waals surface area contributed by atoms with Gasteiger partial charge >= 0.3 is 0 Å². The molecule has 3 aromatic rings. The number of sulfonamides is 1. The van der Waals surface area contributed by atoms with E-state index < -0.39 is 10.0 Å². The highest BCUT2D eigenvalue weighted by molar-refractivity contribution is 7.92. The number of imidazole rings is 1. The maximum absolute atomic E-state index is 12.3. The first-order valence-electron chi connectivity index (χ1n) is 4.96. The zero-order chi connectivity index (χ0) is 13.5. The Morgan fingerprint density at radius 2 is 2.32 bits per heavy atom. The summed E-state index contributed by atoms with van der Waals surface area (Å²) in [6, 6.07) is 0. The van der Waals surface area contributed by atoms with Crippen LogP contribution in [0.1, 0.15) is 0 Å². The van der Waals surface area contributed by atoms with E-state index in [-0.39, 0.29) is 16.5 Å². The van der Waals surface area contributed by atoms with Gasteiger partial charge in [-0.2, -0.15) is 13.4 Å². The third-order valence-corrected chi connectivity index (χ3v) is 4.45. The summed E-state index contributed by atoms with van der Waals surface area (Å²) in [5.74, 6) is 5.37. The summed E-state index contributed by atoms with van der Waals surface area (Å²) in [5.41, 5.74) is 2.49. The Bertz CT molecular complexity index is 803. The summed E-state index contributed by atoms with van der Waals surface area (Å²) in [6.45, 7) is 0. The topological polar surface area (TPSA) is 128 Å². The number of thiazole rings is 1. The van der Waals surface area contributed by atoms with E-state index in [1.165, 1.54) is 28.2 Å². The molecule has 0 aliphatic heterocycles. The van der Waals surface area contributed by atoms with Crippen molar-refractivity contribution < 1.29 is 12.9 Å². The fraction of sp³-hybridized carbons (Fsp3) is 0. The van der Waals surface area contributed by atoms with Crippen LogP contribution in [-0.4, -0.2) is 23.0 Å². The molecule has 0 saturated carbocycles. The number of hydrazine groups is 1. The van der Waals surface area contributed by atoms with Crippen molar-refractivity contribution in [2.45, 2.75) is 5.03 Å². The molecule has 9 nitrogen and oxygen atoms in total. The summed E-state index contributed by atoms with van der Waals surface area (Å²) in [7, 11) is -3.86. The van der Waals surface area contributed by atoms with Gasteiger partial charge in [-0.25, -0.2) is 5.84 Å². The molecule has 0 atom stereocenters. The normalized spacial score (nSPS) is 11.8. The van der Waals surface area contributed by atoms with Gasteiger partial charge in [-0.1, -0.05) is 5.16 Å². The minimum absolute atomic E-state index is 0.0656. The van der Waals surface area contributed by atoms with Crippen LogP contribution in [0.5, 0.6) is 0 Å². The van der Waals surface area contributed by atoms with Crippen molar-refractivity contribution in [2.75, 3.05) is 10.1 Å². The summed E-state index contributed by atoms with van der Waals surface area (Å²) >= 11 is 1.29. The van der Waals surface area contributed by atoms with E-state index in [9.17, 15) is 8.42 Å². The molecule has 11 heteroatoms. The van der Waals surface area contributed by atoms with Gasteiger partial charge in [0.05, 0.1) is 6.20 Å². The minimum atomic E-state index is -3.86. The highest BCUT2D eigenvalue weighted by Gasteiger charge is 2.26. The SMILES string of the molecule is NNc1nc2sccn2c1S(=O)(=O)Nc1cnoc1. The third kappa shape index (κ3) is 1.93. The predicted octanol–water partition coefficient (Wildman–Crippen LogP) is 0.470. The van der Waals surface area contributed by atoms with E-state index in [4.69, 9.17) is 5.84 Å². The molecule has 0 spiro atoms. The molecule has 0 fully saturated rings. The van der Waals surface area contributed by atoms with Gasteiger partial charge < -0.3 is 9.95 Å². The average molecular weight is 300 g/mol. The molecule has 0 aliphatic rings. The fourth-order valence-electron chi connectivity index (χ4n) is 1.57. The third-order valence-electron chi connectivity index (χ3n) is 2.29. The van der Waals surface area contributed by atoms with Crippen LogP contribution in [-0.2, 0) is 10.0 Å². The van der Waals surface area contributed by atoms with Crippen molar-refractivity contribution in [1.29, 1.82) is 0 Å². The van der Waals surface area contributed by atoms with Crippen LogP contribution in [0.2, 0.25) is 0 Å². The standard InChI is InChI=1S/C8H8N6O3S2/c9-12-6-7(14-1-2-18-8(14)11-6)19(15,16)13-5-3-10-17-4-5/h1-4,12-13H,9H2. The monoisotopic (exact) mass is 300 g/mol. The van der Waals surface area contributed by atoms with Crippen LogP contribution in [0.3, 0.4) is 0 Å². The van der Waals surface area contributed by atoms with Gasteiger partial charge in [0.15, 0.2) is 10.8 Å². The fourth-order valence-corrected chi connectivity index (χ4v) is 3.62. The second-order valence-electron chi connectivity index (χ2n) is 3.48. The number of fused-ring (bicyclic) bond motifs is 1. The number of anilines is 2. The summed E-state index contributed by atoms with van der Waals surface area (Å²) in [6.07, 6.45) is 4.02. The molecule has 0 aliphatic carbocycles. The van der Waals surface area contributed by atoms with Crippen molar-refractivity contribution in [3.63, 3.8) is 0 Å². The molecule has 0 unspecified atom stereocenters. The number of aromatic nitrogens is 3. The summed E-state index contributed by atoms with van der Waals surface area (Å²) < 4.78 is 33.0. The zero-order valence-corrected chi connectivity index (χ0v) is 10.9. The first-order valence-corrected chi connectivity index (χ1v) is 7.32. The van der Waals surface area contributed by atoms with Gasteiger partial charge in [0.2, 0.25) is 5.03 Å². The van der Waals surface area contributed by atoms with Crippen molar-refractivity contribution in [3.05, 3.63) is 24.0 Å². The van der Waals surface area contributed by atoms with E-state index in [0.717, 1.165) is 0 Å². The average Bonchev–Trinajstić information content (AvgIpc) is 3.01. The Labute approximate surface area is 111 Å². The van der Waals surface area contributed by atoms with Crippen LogP contribution in [0.25, 0.3) is 4.96 Å². The summed E-state index contributed by atoms with van der Waals surface area (Å²) in [5, 5.41) is 5.07. The van der Waals surface area contributed by atoms with E-state index in [2.05, 4.69) is 24.8 Å². The molecule has 0 aromatic carbocycles. The predicted molar refractivity (Wildman–Crippen MR) is 68.2 cm³/mol. The lowest BCUT2D eigenvalue weighted by molar-refractivity contribution is 0.420. The quantitative estimate of drug-likeness (QED) is 0.472. The number of rotatable bonds is 4. The first-order chi connectivity index (χ1) is 9.12. The second kappa shape index (κ2) is 4.22. The highest BCUT2D eigenvalue weighted by Crippen LogP contribution is 2.26. The Kier molecular flexibility index (Phi) is 2.66. The maximum Gasteiger partial charge on any atom is 0.281 e. The number of hydrogen-bond donors (Lipinski definition) is 3. The van der Waals surface area contributed by atoms with E-state index in [1.54, 1.807) is 11.6 Å². The van der Waals surface area contributed by atoms with Crippen LogP contribution < -0.4 is 16.0 Å². The number of nitrogen functional groups attached to an aromatic ring is 1. The second-order valence-corrected chi connectivity index (χ2v) is 5.95. The molecule has 3 rings (SSSR count). The van der Waals surface area contributed by atoms with Crippen LogP contribution >= 0.6 is 11.3 Å². The smallest absolute Gasteiger partial charge is 0.281 e. The van der Waals surface area contributed by atoms with Gasteiger partial charge in [0.25, 0.3) is 10.0 Å². The molecule has 0 bridgehead atoms. The largest absolute Gasteiger partial charge is 0.362 e. The molecule has 19 heavy (non-hydrogen) atoms. The molecule has 100 valence electrons. The van der Waals surface area contributed by atoms with Crippen molar-refractivity contribution in [1.82, 2.24) is 14.5 Å². The van der Waals surface area contributed by atoms with Gasteiger partial charge in [-0.05, 0) is 0 Å². The van der Waals surface area contributed by atoms with E-state index >= 15 is 0 Å². The van der Waals surface area contributed by atoms with Gasteiger partial charge in [0, 0.05) is 11.6 Å². The van der Waals surface area contributed by atoms with Crippen LogP contribution in [0.15, 0.2) is 33.6 Å². The molecule has 0 amide bonds. The lowest BCUT2D eigenvalue weighted by atomic mass is 10.6.